The molecule has 1 saturated heterocycles. The predicted octanol–water partition coefficient (Wildman–Crippen LogP) is 2.77. The predicted molar refractivity (Wildman–Crippen MR) is 61.4 cm³/mol. The van der Waals surface area contributed by atoms with Crippen LogP contribution in [0.4, 0.5) is 0 Å². The van der Waals surface area contributed by atoms with Crippen molar-refractivity contribution in [3.8, 4) is 0 Å². The molecule has 1 fully saturated rings. The Morgan fingerprint density at radius 1 is 1.53 bits per heavy atom. The van der Waals surface area contributed by atoms with Gasteiger partial charge < -0.3 is 9.30 Å². The van der Waals surface area contributed by atoms with Gasteiger partial charge in [0.2, 0.25) is 0 Å². The normalized spacial score (nSPS) is 19.7. The van der Waals surface area contributed by atoms with Crippen LogP contribution in [-0.2, 0) is 18.2 Å². The number of fused-ring (bicyclic) bond motifs is 1. The molecule has 1 aromatic heterocycles. The summed E-state index contributed by atoms with van der Waals surface area (Å²) in [5.41, 5.74) is 2.55. The van der Waals surface area contributed by atoms with E-state index in [1.165, 1.54) is 16.5 Å². The molecule has 0 bridgehead atoms. The van der Waals surface area contributed by atoms with E-state index < -0.39 is 0 Å². The lowest BCUT2D eigenvalue weighted by Gasteiger charge is -1.96. The molecule has 0 saturated carbocycles. The first-order valence-corrected chi connectivity index (χ1v) is 5.47. The van der Waals surface area contributed by atoms with Crippen molar-refractivity contribution in [3.05, 3.63) is 35.0 Å². The van der Waals surface area contributed by atoms with Crippen LogP contribution in [0.25, 0.3) is 10.9 Å². The lowest BCUT2D eigenvalue weighted by molar-refractivity contribution is 0.408. The zero-order chi connectivity index (χ0) is 10.4. The van der Waals surface area contributed by atoms with Gasteiger partial charge in [-0.1, -0.05) is 17.7 Å². The number of benzene rings is 1. The number of halogens is 1. The zero-order valence-corrected chi connectivity index (χ0v) is 9.29. The minimum Gasteiger partial charge on any atom is -0.373 e. The summed E-state index contributed by atoms with van der Waals surface area (Å²) in [6.45, 7) is 0.907. The molecule has 0 radical (unpaired) electrons. The molecule has 0 amide bonds. The van der Waals surface area contributed by atoms with Crippen molar-refractivity contribution in [1.82, 2.24) is 4.57 Å². The smallest absolute Gasteiger partial charge is 0.0850 e. The second-order valence-corrected chi connectivity index (χ2v) is 4.52. The second kappa shape index (κ2) is 3.26. The average molecular weight is 222 g/mol. The van der Waals surface area contributed by atoms with E-state index in [4.69, 9.17) is 16.3 Å². The van der Waals surface area contributed by atoms with Crippen molar-refractivity contribution in [2.45, 2.75) is 12.5 Å². The first-order chi connectivity index (χ1) is 7.24. The van der Waals surface area contributed by atoms with E-state index in [0.717, 1.165) is 18.1 Å². The number of ether oxygens (including phenoxy) is 1. The third-order valence-corrected chi connectivity index (χ3v) is 3.12. The van der Waals surface area contributed by atoms with E-state index in [1.54, 1.807) is 0 Å². The molecule has 3 heteroatoms. The van der Waals surface area contributed by atoms with Crippen LogP contribution in [0.1, 0.15) is 5.56 Å². The molecule has 1 aliphatic rings. The van der Waals surface area contributed by atoms with Crippen LogP contribution < -0.4 is 0 Å². The highest BCUT2D eigenvalue weighted by Gasteiger charge is 2.24. The Morgan fingerprint density at radius 2 is 2.33 bits per heavy atom. The summed E-state index contributed by atoms with van der Waals surface area (Å²) < 4.78 is 7.38. The van der Waals surface area contributed by atoms with Gasteiger partial charge in [-0.3, -0.25) is 0 Å². The molecule has 1 atom stereocenters. The molecule has 3 rings (SSSR count). The molecule has 2 aromatic rings. The highest BCUT2D eigenvalue weighted by Crippen LogP contribution is 2.27. The van der Waals surface area contributed by atoms with Gasteiger partial charge in [0, 0.05) is 35.6 Å². The number of hydrogen-bond acceptors (Lipinski definition) is 1. The lowest BCUT2D eigenvalue weighted by Crippen LogP contribution is -1.91. The monoisotopic (exact) mass is 221 g/mol. The zero-order valence-electron chi connectivity index (χ0n) is 8.53. The quantitative estimate of drug-likeness (QED) is 0.713. The van der Waals surface area contributed by atoms with Gasteiger partial charge in [-0.15, -0.1) is 0 Å². The summed E-state index contributed by atoms with van der Waals surface area (Å²) in [5.74, 6) is 0. The highest BCUT2D eigenvalue weighted by molar-refractivity contribution is 6.31. The van der Waals surface area contributed by atoms with Crippen molar-refractivity contribution in [1.29, 1.82) is 0 Å². The molecule has 0 aliphatic carbocycles. The van der Waals surface area contributed by atoms with E-state index in [1.807, 2.05) is 12.1 Å². The van der Waals surface area contributed by atoms with Crippen LogP contribution in [0.2, 0.25) is 5.02 Å². The maximum Gasteiger partial charge on any atom is 0.0850 e. The minimum atomic E-state index is 0.436. The van der Waals surface area contributed by atoms with Crippen molar-refractivity contribution in [2.75, 3.05) is 6.61 Å². The molecule has 0 N–H and O–H groups in total. The molecule has 1 unspecified atom stereocenters. The summed E-state index contributed by atoms with van der Waals surface area (Å²) in [5, 5.41) is 2.08. The van der Waals surface area contributed by atoms with Crippen molar-refractivity contribution in [3.63, 3.8) is 0 Å². The van der Waals surface area contributed by atoms with Gasteiger partial charge in [0.05, 0.1) is 12.7 Å². The third kappa shape index (κ3) is 1.64. The summed E-state index contributed by atoms with van der Waals surface area (Å²) in [4.78, 5) is 0. The van der Waals surface area contributed by atoms with Crippen molar-refractivity contribution < 1.29 is 4.74 Å². The van der Waals surface area contributed by atoms with Crippen LogP contribution in [0.3, 0.4) is 0 Å². The SMILES string of the molecule is Cn1cc(CC2CO2)c2ccc(Cl)cc21. The fourth-order valence-electron chi connectivity index (χ4n) is 2.03. The number of aryl methyl sites for hydroxylation is 1. The van der Waals surface area contributed by atoms with Gasteiger partial charge in [-0.2, -0.15) is 0 Å². The number of hydrogen-bond donors (Lipinski definition) is 0. The molecule has 78 valence electrons. The van der Waals surface area contributed by atoms with E-state index >= 15 is 0 Å². The molecular formula is C12H12ClNO. The first-order valence-electron chi connectivity index (χ1n) is 5.09. The van der Waals surface area contributed by atoms with E-state index in [2.05, 4.69) is 23.9 Å². The highest BCUT2D eigenvalue weighted by atomic mass is 35.5. The van der Waals surface area contributed by atoms with Crippen LogP contribution in [0, 0.1) is 0 Å². The van der Waals surface area contributed by atoms with Crippen LogP contribution in [0.5, 0.6) is 0 Å². The number of nitrogens with zero attached hydrogens (tertiary/aromatic N) is 1. The van der Waals surface area contributed by atoms with Crippen LogP contribution in [0.15, 0.2) is 24.4 Å². The first kappa shape index (κ1) is 9.25. The maximum atomic E-state index is 5.98. The molecule has 2 nitrogen and oxygen atoms in total. The topological polar surface area (TPSA) is 17.5 Å². The molecule has 1 aromatic carbocycles. The number of aromatic nitrogens is 1. The minimum absolute atomic E-state index is 0.436. The Labute approximate surface area is 93.4 Å². The van der Waals surface area contributed by atoms with E-state index in [9.17, 15) is 0 Å². The van der Waals surface area contributed by atoms with E-state index in [0.29, 0.717) is 6.10 Å². The Morgan fingerprint density at radius 3 is 3.07 bits per heavy atom. The van der Waals surface area contributed by atoms with Crippen molar-refractivity contribution >= 4 is 22.5 Å². The maximum absolute atomic E-state index is 5.98. The van der Waals surface area contributed by atoms with Crippen LogP contribution >= 0.6 is 11.6 Å². The standard InChI is InChI=1S/C12H12ClNO/c1-14-6-8(4-10-7-15-10)11-3-2-9(13)5-12(11)14/h2-3,5-6,10H,4,7H2,1H3. The van der Waals surface area contributed by atoms with Gasteiger partial charge in [-0.25, -0.2) is 0 Å². The van der Waals surface area contributed by atoms with Crippen molar-refractivity contribution in [2.24, 2.45) is 7.05 Å². The summed E-state index contributed by atoms with van der Waals surface area (Å²) >= 11 is 5.98. The fraction of sp³-hybridized carbons (Fsp3) is 0.333. The van der Waals surface area contributed by atoms with Gasteiger partial charge in [0.1, 0.15) is 0 Å². The fourth-order valence-corrected chi connectivity index (χ4v) is 2.20. The van der Waals surface area contributed by atoms with Gasteiger partial charge in [0.25, 0.3) is 0 Å². The van der Waals surface area contributed by atoms with E-state index in [-0.39, 0.29) is 0 Å². The largest absolute Gasteiger partial charge is 0.373 e. The molecular weight excluding hydrogens is 210 g/mol. The van der Waals surface area contributed by atoms with Crippen LogP contribution in [-0.4, -0.2) is 17.3 Å². The molecule has 2 heterocycles. The summed E-state index contributed by atoms with van der Waals surface area (Å²) in [6.07, 6.45) is 3.62. The molecule has 0 spiro atoms. The van der Waals surface area contributed by atoms with Gasteiger partial charge >= 0.3 is 0 Å². The number of epoxide rings is 1. The Hall–Kier alpha value is -0.990. The van der Waals surface area contributed by atoms with Gasteiger partial charge in [0.15, 0.2) is 0 Å². The number of rotatable bonds is 2. The summed E-state index contributed by atoms with van der Waals surface area (Å²) in [7, 11) is 2.05. The molecule has 15 heavy (non-hydrogen) atoms. The van der Waals surface area contributed by atoms with Gasteiger partial charge in [-0.05, 0) is 17.7 Å². The molecule has 1 aliphatic heterocycles. The Kier molecular flexibility index (Phi) is 2.01. The second-order valence-electron chi connectivity index (χ2n) is 4.09. The Bertz CT molecular complexity index is 514. The summed E-state index contributed by atoms with van der Waals surface area (Å²) in [6, 6.07) is 6.05. The Balaban J connectivity index is 2.13. The average Bonchev–Trinajstić information content (AvgIpc) is 2.95. The third-order valence-electron chi connectivity index (χ3n) is 2.89. The lowest BCUT2D eigenvalue weighted by atomic mass is 10.1.